The number of aromatic nitrogens is 2. The highest BCUT2D eigenvalue weighted by molar-refractivity contribution is 5.93. The van der Waals surface area contributed by atoms with Gasteiger partial charge in [-0.1, -0.05) is 6.07 Å². The third kappa shape index (κ3) is 3.60. The Hall–Kier alpha value is -2.41. The summed E-state index contributed by atoms with van der Waals surface area (Å²) >= 11 is 0. The van der Waals surface area contributed by atoms with Gasteiger partial charge in [0, 0.05) is 25.8 Å². The summed E-state index contributed by atoms with van der Waals surface area (Å²) in [7, 11) is 0. The Morgan fingerprint density at radius 3 is 2.50 bits per heavy atom. The predicted octanol–water partition coefficient (Wildman–Crippen LogP) is 2.42. The fourth-order valence-corrected chi connectivity index (χ4v) is 7.43. The molecule has 5 aliphatic rings. The fourth-order valence-electron chi connectivity index (χ4n) is 7.43. The number of hydrogen-bond donors (Lipinski definition) is 2. The molecule has 7 nitrogen and oxygen atoms in total. The lowest BCUT2D eigenvalue weighted by Crippen LogP contribution is -2.51. The van der Waals surface area contributed by atoms with Gasteiger partial charge in [-0.25, -0.2) is 4.98 Å². The second kappa shape index (κ2) is 7.58. The van der Waals surface area contributed by atoms with Gasteiger partial charge in [0.2, 0.25) is 5.91 Å². The number of carbonyl (C=O) groups excluding carboxylic acids is 2. The number of amides is 2. The summed E-state index contributed by atoms with van der Waals surface area (Å²) < 4.78 is 1.80. The van der Waals surface area contributed by atoms with Crippen LogP contribution in [0.2, 0.25) is 0 Å². The van der Waals surface area contributed by atoms with Gasteiger partial charge in [-0.05, 0) is 80.2 Å². The van der Waals surface area contributed by atoms with E-state index in [1.165, 1.54) is 38.5 Å². The fraction of sp³-hybridized carbons (Fsp3) is 0.640. The predicted molar refractivity (Wildman–Crippen MR) is 119 cm³/mol. The van der Waals surface area contributed by atoms with E-state index in [9.17, 15) is 14.7 Å². The SMILES string of the molecule is O=C(NCC12CC3CC(CC(C3)C1)C2)c1cccc2nc(CC(=O)N3CC[C@@H](O)C3)cn12. The zero-order valence-electron chi connectivity index (χ0n) is 18.5. The van der Waals surface area contributed by atoms with Crippen molar-refractivity contribution in [3.05, 3.63) is 35.8 Å². The molecule has 2 amide bonds. The standard InChI is InChI=1S/C25H32N4O3/c30-20-4-5-28(14-20)23(31)9-19-13-29-21(2-1-3-22(29)27-19)24(32)26-15-25-10-16-6-17(11-25)8-18(7-16)12-25/h1-3,13,16-18,20,30H,4-12,14-15H2,(H,26,32)/t16?,17?,18?,20-,25?/m1/s1. The van der Waals surface area contributed by atoms with Crippen LogP contribution in [0, 0.1) is 23.2 Å². The molecule has 5 fully saturated rings. The van der Waals surface area contributed by atoms with E-state index in [4.69, 9.17) is 0 Å². The number of aliphatic hydroxyl groups is 1. The third-order valence-corrected chi connectivity index (χ3v) is 8.41. The molecule has 2 aromatic rings. The average molecular weight is 437 g/mol. The van der Waals surface area contributed by atoms with Crippen molar-refractivity contribution in [3.63, 3.8) is 0 Å². The molecular formula is C25H32N4O3. The van der Waals surface area contributed by atoms with Gasteiger partial charge < -0.3 is 15.3 Å². The molecule has 3 heterocycles. The maximum atomic E-state index is 13.2. The Labute approximate surface area is 188 Å². The second-order valence-electron chi connectivity index (χ2n) is 10.9. The van der Waals surface area contributed by atoms with Crippen LogP contribution in [0.1, 0.15) is 61.1 Å². The van der Waals surface area contributed by atoms with Crippen LogP contribution in [0.4, 0.5) is 0 Å². The summed E-state index contributed by atoms with van der Waals surface area (Å²) in [6.45, 7) is 1.75. The largest absolute Gasteiger partial charge is 0.391 e. The van der Waals surface area contributed by atoms with Gasteiger partial charge in [0.1, 0.15) is 11.3 Å². The Morgan fingerprint density at radius 2 is 1.84 bits per heavy atom. The van der Waals surface area contributed by atoms with Crippen molar-refractivity contribution in [2.45, 2.75) is 57.5 Å². The first-order valence-electron chi connectivity index (χ1n) is 12.2. The lowest BCUT2D eigenvalue weighted by atomic mass is 9.49. The number of hydrogen-bond acceptors (Lipinski definition) is 4. The quantitative estimate of drug-likeness (QED) is 0.754. The molecule has 7 heteroatoms. The molecule has 0 aromatic carbocycles. The number of nitrogens with zero attached hydrogens (tertiary/aromatic N) is 3. The Balaban J connectivity index is 1.16. The van der Waals surface area contributed by atoms with Gasteiger partial charge in [0.15, 0.2) is 0 Å². The summed E-state index contributed by atoms with van der Waals surface area (Å²) in [4.78, 5) is 32.0. The topological polar surface area (TPSA) is 86.9 Å². The van der Waals surface area contributed by atoms with Crippen molar-refractivity contribution in [2.75, 3.05) is 19.6 Å². The summed E-state index contributed by atoms with van der Waals surface area (Å²) in [5.74, 6) is 2.51. The molecule has 2 N–H and O–H groups in total. The summed E-state index contributed by atoms with van der Waals surface area (Å²) in [6.07, 6.45) is 10.2. The van der Waals surface area contributed by atoms with Gasteiger partial charge >= 0.3 is 0 Å². The zero-order valence-corrected chi connectivity index (χ0v) is 18.5. The van der Waals surface area contributed by atoms with Crippen LogP contribution < -0.4 is 5.32 Å². The van der Waals surface area contributed by atoms with Crippen molar-refractivity contribution >= 4 is 17.5 Å². The third-order valence-electron chi connectivity index (χ3n) is 8.41. The number of nitrogens with one attached hydrogen (secondary N) is 1. The summed E-state index contributed by atoms with van der Waals surface area (Å²) in [5.41, 5.74) is 2.19. The van der Waals surface area contributed by atoms with Gasteiger partial charge in [0.25, 0.3) is 5.91 Å². The van der Waals surface area contributed by atoms with Gasteiger partial charge in [-0.3, -0.25) is 14.0 Å². The molecule has 0 radical (unpaired) electrons. The highest BCUT2D eigenvalue weighted by Crippen LogP contribution is 2.59. The van der Waals surface area contributed by atoms with Gasteiger partial charge in [-0.15, -0.1) is 0 Å². The van der Waals surface area contributed by atoms with Crippen LogP contribution in [-0.2, 0) is 11.2 Å². The maximum absolute atomic E-state index is 13.2. The summed E-state index contributed by atoms with van der Waals surface area (Å²) in [6, 6.07) is 5.54. The molecule has 2 aromatic heterocycles. The van der Waals surface area contributed by atoms with E-state index in [2.05, 4.69) is 10.3 Å². The first-order valence-corrected chi connectivity index (χ1v) is 12.2. The van der Waals surface area contributed by atoms with E-state index in [-0.39, 0.29) is 18.2 Å². The molecule has 0 unspecified atom stereocenters. The normalized spacial score (nSPS) is 33.2. The number of likely N-dealkylation sites (tertiary alicyclic amines) is 1. The Kier molecular flexibility index (Phi) is 4.79. The first kappa shape index (κ1) is 20.2. The molecule has 170 valence electrons. The number of rotatable bonds is 5. The van der Waals surface area contributed by atoms with E-state index in [0.29, 0.717) is 42.0 Å². The van der Waals surface area contributed by atoms with Crippen molar-refractivity contribution in [2.24, 2.45) is 23.2 Å². The minimum Gasteiger partial charge on any atom is -0.391 e. The number of pyridine rings is 1. The molecule has 7 rings (SSSR count). The first-order chi connectivity index (χ1) is 15.5. The zero-order chi connectivity index (χ0) is 21.9. The lowest BCUT2D eigenvalue weighted by Gasteiger charge is -2.56. The van der Waals surface area contributed by atoms with Crippen LogP contribution in [0.3, 0.4) is 0 Å². The highest BCUT2D eigenvalue weighted by Gasteiger charge is 2.50. The molecule has 0 spiro atoms. The molecule has 4 aliphatic carbocycles. The number of aliphatic hydroxyl groups excluding tert-OH is 1. The molecule has 4 saturated carbocycles. The highest BCUT2D eigenvalue weighted by atomic mass is 16.3. The van der Waals surface area contributed by atoms with E-state index < -0.39 is 6.10 Å². The van der Waals surface area contributed by atoms with Crippen molar-refractivity contribution in [3.8, 4) is 0 Å². The molecule has 1 atom stereocenters. The monoisotopic (exact) mass is 436 g/mol. The summed E-state index contributed by atoms with van der Waals surface area (Å²) in [5, 5.41) is 12.9. The second-order valence-corrected chi connectivity index (χ2v) is 10.9. The number of carbonyl (C=O) groups is 2. The van der Waals surface area contributed by atoms with Crippen molar-refractivity contribution in [1.29, 1.82) is 0 Å². The van der Waals surface area contributed by atoms with E-state index >= 15 is 0 Å². The van der Waals surface area contributed by atoms with E-state index in [1.807, 2.05) is 18.2 Å². The lowest BCUT2D eigenvalue weighted by molar-refractivity contribution is -0.129. The molecule has 1 aliphatic heterocycles. The van der Waals surface area contributed by atoms with Crippen molar-refractivity contribution < 1.29 is 14.7 Å². The van der Waals surface area contributed by atoms with Gasteiger partial charge in [-0.2, -0.15) is 0 Å². The number of β-amino-alcohol motifs (C(OH)–C–C–N with tert-alkyl or cyclic N) is 1. The minimum absolute atomic E-state index is 0.0298. The van der Waals surface area contributed by atoms with Crippen LogP contribution in [0.15, 0.2) is 24.4 Å². The van der Waals surface area contributed by atoms with E-state index in [0.717, 1.165) is 24.3 Å². The smallest absolute Gasteiger partial charge is 0.268 e. The Bertz CT molecular complexity index is 1030. The van der Waals surface area contributed by atoms with Crippen LogP contribution in [0.25, 0.3) is 5.65 Å². The Morgan fingerprint density at radius 1 is 1.12 bits per heavy atom. The number of fused-ring (bicyclic) bond motifs is 1. The van der Waals surface area contributed by atoms with Crippen molar-refractivity contribution in [1.82, 2.24) is 19.6 Å². The minimum atomic E-state index is -0.427. The van der Waals surface area contributed by atoms with Crippen LogP contribution >= 0.6 is 0 Å². The van der Waals surface area contributed by atoms with Crippen LogP contribution in [0.5, 0.6) is 0 Å². The van der Waals surface area contributed by atoms with E-state index in [1.54, 1.807) is 15.5 Å². The molecule has 4 bridgehead atoms. The maximum Gasteiger partial charge on any atom is 0.268 e. The van der Waals surface area contributed by atoms with Gasteiger partial charge in [0.05, 0.1) is 18.2 Å². The molecular weight excluding hydrogens is 404 g/mol. The van der Waals surface area contributed by atoms with Crippen LogP contribution in [-0.4, -0.2) is 56.9 Å². The number of imidazole rings is 1. The molecule has 1 saturated heterocycles. The molecule has 32 heavy (non-hydrogen) atoms. The average Bonchev–Trinajstić information content (AvgIpc) is 3.36.